The van der Waals surface area contributed by atoms with Gasteiger partial charge in [0.05, 0.1) is 10.9 Å². The summed E-state index contributed by atoms with van der Waals surface area (Å²) in [5.74, 6) is 0.656. The van der Waals surface area contributed by atoms with E-state index in [4.69, 9.17) is 16.2 Å². The topological polar surface area (TPSA) is 86.2 Å². The molecule has 5 N–H and O–H groups in total. The van der Waals surface area contributed by atoms with Gasteiger partial charge in [0.1, 0.15) is 5.82 Å². The molecule has 1 aliphatic heterocycles. The van der Waals surface area contributed by atoms with E-state index in [2.05, 4.69) is 10.3 Å². The Balaban J connectivity index is 1.95. The van der Waals surface area contributed by atoms with Crippen LogP contribution in [0.1, 0.15) is 47.9 Å². The van der Waals surface area contributed by atoms with E-state index in [1.807, 2.05) is 12.3 Å². The molecule has 0 spiro atoms. The van der Waals surface area contributed by atoms with Gasteiger partial charge in [0.15, 0.2) is 0 Å². The van der Waals surface area contributed by atoms with E-state index in [9.17, 15) is 13.2 Å². The minimum atomic E-state index is -4.39. The van der Waals surface area contributed by atoms with Crippen LogP contribution in [0.2, 0.25) is 0 Å². The van der Waals surface area contributed by atoms with Gasteiger partial charge in [-0.3, -0.25) is 4.98 Å². The molecule has 0 amide bonds. The first-order valence-corrected chi connectivity index (χ1v) is 9.88. The van der Waals surface area contributed by atoms with Gasteiger partial charge in [-0.1, -0.05) is 12.1 Å². The van der Waals surface area contributed by atoms with Crippen LogP contribution < -0.4 is 27.4 Å². The third-order valence-corrected chi connectivity index (χ3v) is 5.49. The smallest absolute Gasteiger partial charge is 0.401 e. The summed E-state index contributed by atoms with van der Waals surface area (Å²) >= 11 is 0. The maximum atomic E-state index is 13.2. The number of nitrogens with zero attached hydrogens (tertiary/aromatic N) is 1. The van der Waals surface area contributed by atoms with Crippen LogP contribution in [-0.4, -0.2) is 18.2 Å². The Bertz CT molecular complexity index is 1020. The Labute approximate surface area is 173 Å². The van der Waals surface area contributed by atoms with Crippen molar-refractivity contribution in [3.63, 3.8) is 0 Å². The van der Waals surface area contributed by atoms with Gasteiger partial charge in [0.25, 0.3) is 0 Å². The van der Waals surface area contributed by atoms with Crippen LogP contribution in [0.15, 0.2) is 30.5 Å². The largest absolute Gasteiger partial charge is 0.416 e. The Morgan fingerprint density at radius 1 is 1.23 bits per heavy atom. The highest BCUT2D eigenvalue weighted by Gasteiger charge is 2.32. The van der Waals surface area contributed by atoms with Crippen molar-refractivity contribution in [3.05, 3.63) is 63.3 Å². The van der Waals surface area contributed by atoms with Crippen LogP contribution in [0, 0.1) is 6.92 Å². The van der Waals surface area contributed by atoms with Crippen LogP contribution in [0.3, 0.4) is 0 Å². The minimum Gasteiger partial charge on any atom is -0.401 e. The quantitative estimate of drug-likeness (QED) is 0.706. The Hall–Kier alpha value is -2.74. The number of nitrogens with two attached hydrogens (primary N) is 2. The zero-order valence-electron chi connectivity index (χ0n) is 17.1. The fourth-order valence-electron chi connectivity index (χ4n) is 3.72. The number of pyridine rings is 1. The highest BCUT2D eigenvalue weighted by Crippen LogP contribution is 2.32. The first-order valence-electron chi connectivity index (χ1n) is 9.88. The summed E-state index contributed by atoms with van der Waals surface area (Å²) in [5, 5.41) is 4.28. The third kappa shape index (κ3) is 4.87. The molecule has 1 aliphatic rings. The molecular weight excluding hydrogens is 393 g/mol. The fraction of sp³-hybridized carbons (Fsp3) is 0.409. The second-order valence-electron chi connectivity index (χ2n) is 7.59. The molecule has 1 fully saturated rings. The second kappa shape index (κ2) is 8.95. The van der Waals surface area contributed by atoms with Crippen LogP contribution in [0.4, 0.5) is 13.2 Å². The molecule has 5 nitrogen and oxygen atoms in total. The van der Waals surface area contributed by atoms with E-state index in [-0.39, 0.29) is 12.1 Å². The Morgan fingerprint density at radius 3 is 2.57 bits per heavy atom. The summed E-state index contributed by atoms with van der Waals surface area (Å²) in [6, 6.07) is 6.11. The van der Waals surface area contributed by atoms with Gasteiger partial charge >= 0.3 is 6.18 Å². The van der Waals surface area contributed by atoms with Gasteiger partial charge in [0, 0.05) is 36.9 Å². The predicted molar refractivity (Wildman–Crippen MR) is 110 cm³/mol. The maximum Gasteiger partial charge on any atom is 0.416 e. The number of ether oxygens (including phenoxy) is 1. The number of hydrogen-bond donors (Lipinski definition) is 3. The molecule has 30 heavy (non-hydrogen) atoms. The minimum absolute atomic E-state index is 0.159. The van der Waals surface area contributed by atoms with Crippen molar-refractivity contribution in [2.45, 2.75) is 45.3 Å². The molecule has 3 rings (SSSR count). The molecule has 1 aromatic carbocycles. The molecule has 2 heterocycles. The molecule has 0 radical (unpaired) electrons. The SMILES string of the molecule is C/C(N)=c1\ncc(C2CCOCC2)c\c1=C(\N)NCc1cccc(C(F)(F)F)c1C. The summed E-state index contributed by atoms with van der Waals surface area (Å²) in [4.78, 5) is 4.50. The number of hydrogen-bond acceptors (Lipinski definition) is 5. The molecule has 1 aromatic heterocycles. The van der Waals surface area contributed by atoms with Gasteiger partial charge in [-0.15, -0.1) is 0 Å². The van der Waals surface area contributed by atoms with Crippen molar-refractivity contribution in [1.82, 2.24) is 10.3 Å². The van der Waals surface area contributed by atoms with E-state index >= 15 is 0 Å². The van der Waals surface area contributed by atoms with Gasteiger partial charge < -0.3 is 21.5 Å². The number of rotatable bonds is 4. The van der Waals surface area contributed by atoms with Crippen LogP contribution in [0.5, 0.6) is 0 Å². The molecule has 0 unspecified atom stereocenters. The Kier molecular flexibility index (Phi) is 6.55. The highest BCUT2D eigenvalue weighted by atomic mass is 19.4. The van der Waals surface area contributed by atoms with E-state index in [1.165, 1.54) is 13.0 Å². The third-order valence-electron chi connectivity index (χ3n) is 5.49. The van der Waals surface area contributed by atoms with Crippen molar-refractivity contribution in [2.24, 2.45) is 11.5 Å². The van der Waals surface area contributed by atoms with E-state index in [0.29, 0.717) is 46.8 Å². The predicted octanol–water partition coefficient (Wildman–Crippen LogP) is 2.20. The van der Waals surface area contributed by atoms with Crippen LogP contribution >= 0.6 is 0 Å². The van der Waals surface area contributed by atoms with Crippen molar-refractivity contribution in [3.8, 4) is 0 Å². The van der Waals surface area contributed by atoms with Crippen molar-refractivity contribution < 1.29 is 17.9 Å². The molecule has 162 valence electrons. The molecule has 2 aromatic rings. The molecule has 0 saturated carbocycles. The van der Waals surface area contributed by atoms with Gasteiger partial charge in [-0.05, 0) is 61.4 Å². The van der Waals surface area contributed by atoms with E-state index in [0.717, 1.165) is 24.5 Å². The van der Waals surface area contributed by atoms with Crippen LogP contribution in [0.25, 0.3) is 11.5 Å². The molecule has 0 atom stereocenters. The number of aromatic nitrogens is 1. The first-order chi connectivity index (χ1) is 14.2. The van der Waals surface area contributed by atoms with Crippen molar-refractivity contribution in [1.29, 1.82) is 0 Å². The highest BCUT2D eigenvalue weighted by molar-refractivity contribution is 5.45. The zero-order chi connectivity index (χ0) is 21.9. The number of nitrogens with one attached hydrogen (secondary N) is 1. The molecule has 8 heteroatoms. The summed E-state index contributed by atoms with van der Waals surface area (Å²) in [6.07, 6.45) is -0.767. The zero-order valence-corrected chi connectivity index (χ0v) is 17.1. The molecule has 1 saturated heterocycles. The van der Waals surface area contributed by atoms with Crippen molar-refractivity contribution >= 4 is 11.5 Å². The average Bonchev–Trinajstić information content (AvgIpc) is 2.72. The molecule has 0 bridgehead atoms. The van der Waals surface area contributed by atoms with Crippen molar-refractivity contribution in [2.75, 3.05) is 13.2 Å². The summed E-state index contributed by atoms with van der Waals surface area (Å²) in [7, 11) is 0. The lowest BCUT2D eigenvalue weighted by atomic mass is 9.92. The first kappa shape index (κ1) is 22.0. The summed E-state index contributed by atoms with van der Waals surface area (Å²) in [6.45, 7) is 4.77. The number of halogens is 3. The summed E-state index contributed by atoms with van der Waals surface area (Å²) in [5.41, 5.74) is 13.9. The number of alkyl halides is 3. The van der Waals surface area contributed by atoms with Gasteiger partial charge in [-0.25, -0.2) is 0 Å². The molecule has 0 aliphatic carbocycles. The lowest BCUT2D eigenvalue weighted by Gasteiger charge is -2.22. The van der Waals surface area contributed by atoms with Gasteiger partial charge in [0.2, 0.25) is 0 Å². The number of benzene rings is 1. The fourth-order valence-corrected chi connectivity index (χ4v) is 3.72. The maximum absolute atomic E-state index is 13.2. The lowest BCUT2D eigenvalue weighted by molar-refractivity contribution is -0.138. The van der Waals surface area contributed by atoms with Crippen LogP contribution in [-0.2, 0) is 17.5 Å². The second-order valence-corrected chi connectivity index (χ2v) is 7.59. The monoisotopic (exact) mass is 420 g/mol. The molecular formula is C22H27F3N4O. The average molecular weight is 420 g/mol. The summed E-state index contributed by atoms with van der Waals surface area (Å²) < 4.78 is 44.9. The Morgan fingerprint density at radius 2 is 1.93 bits per heavy atom. The normalized spacial score (nSPS) is 17.5. The lowest BCUT2D eigenvalue weighted by Crippen LogP contribution is -2.40. The van der Waals surface area contributed by atoms with E-state index < -0.39 is 11.7 Å². The van der Waals surface area contributed by atoms with E-state index in [1.54, 1.807) is 13.0 Å². The standard InChI is InChI=1S/C22H27F3N4O/c1-13-16(4-3-5-19(13)22(23,24)25)11-29-21(27)18-10-17(12-28-20(18)14(2)26)15-6-8-30-9-7-15/h3-5,10,12,15,29H,6-9,11,26-27H2,1-2H3/b20-14+,21-18+. The van der Waals surface area contributed by atoms with Gasteiger partial charge in [-0.2, -0.15) is 13.2 Å².